The molecule has 1 aromatic carbocycles. The Hall–Kier alpha value is -1.97. The molecule has 2 rings (SSSR count). The van der Waals surface area contributed by atoms with Crippen molar-refractivity contribution in [3.63, 3.8) is 0 Å². The van der Waals surface area contributed by atoms with Crippen LogP contribution in [0.5, 0.6) is 5.75 Å². The largest absolute Gasteiger partial charge is 0.505 e. The number of aromatic nitrogens is 1. The van der Waals surface area contributed by atoms with E-state index in [0.29, 0.717) is 5.52 Å². The van der Waals surface area contributed by atoms with Crippen LogP contribution in [0.2, 0.25) is 0 Å². The summed E-state index contributed by atoms with van der Waals surface area (Å²) in [5.74, 6) is -1.30. The Morgan fingerprint density at radius 3 is 2.71 bits per heavy atom. The van der Waals surface area contributed by atoms with Gasteiger partial charge in [-0.3, -0.25) is 0 Å². The lowest BCUT2D eigenvalue weighted by Gasteiger charge is -2.03. The summed E-state index contributed by atoms with van der Waals surface area (Å²) in [7, 11) is 1.76. The van der Waals surface area contributed by atoms with Crippen molar-refractivity contribution in [1.82, 2.24) is 4.57 Å². The van der Waals surface area contributed by atoms with Crippen molar-refractivity contribution < 1.29 is 15.0 Å². The van der Waals surface area contributed by atoms with Crippen LogP contribution in [0, 0.1) is 0 Å². The summed E-state index contributed by atoms with van der Waals surface area (Å²) in [6.07, 6.45) is 1.77. The molecule has 0 aliphatic rings. The third-order valence-electron chi connectivity index (χ3n) is 2.24. The van der Waals surface area contributed by atoms with E-state index in [4.69, 9.17) is 5.11 Å². The molecule has 1 aromatic heterocycles. The second kappa shape index (κ2) is 2.77. The fraction of sp³-hybridized carbons (Fsp3) is 0.100. The number of carboxylic acid groups (broad SMARTS) is 1. The fourth-order valence-electron chi connectivity index (χ4n) is 1.54. The molecule has 0 aliphatic carbocycles. The Bertz CT molecular complexity index is 513. The summed E-state index contributed by atoms with van der Waals surface area (Å²) in [4.78, 5) is 10.7. The van der Waals surface area contributed by atoms with E-state index in [1.54, 1.807) is 23.9 Å². The zero-order valence-electron chi connectivity index (χ0n) is 7.56. The first-order valence-electron chi connectivity index (χ1n) is 4.11. The third kappa shape index (κ3) is 1.04. The van der Waals surface area contributed by atoms with Gasteiger partial charge in [0.15, 0.2) is 5.75 Å². The first kappa shape index (κ1) is 8.62. The molecule has 14 heavy (non-hydrogen) atoms. The predicted molar refractivity (Wildman–Crippen MR) is 51.5 cm³/mol. The molecule has 0 saturated heterocycles. The van der Waals surface area contributed by atoms with Crippen molar-refractivity contribution in [2.24, 2.45) is 7.05 Å². The van der Waals surface area contributed by atoms with Gasteiger partial charge >= 0.3 is 5.97 Å². The molecule has 2 N–H and O–H groups in total. The number of aryl methyl sites for hydroxylation is 1. The Balaban J connectivity index is 2.86. The molecule has 4 nitrogen and oxygen atoms in total. The Labute approximate surface area is 80.0 Å². The van der Waals surface area contributed by atoms with Gasteiger partial charge in [0, 0.05) is 18.6 Å². The first-order chi connectivity index (χ1) is 6.61. The van der Waals surface area contributed by atoms with Crippen LogP contribution in [0.25, 0.3) is 10.9 Å². The number of rotatable bonds is 1. The topological polar surface area (TPSA) is 62.5 Å². The first-order valence-corrected chi connectivity index (χ1v) is 4.11. The quantitative estimate of drug-likeness (QED) is 0.719. The number of phenols is 1. The Morgan fingerprint density at radius 1 is 1.36 bits per heavy atom. The van der Waals surface area contributed by atoms with Crippen LogP contribution >= 0.6 is 0 Å². The molecule has 72 valence electrons. The molecular formula is C10H9NO3. The van der Waals surface area contributed by atoms with E-state index >= 15 is 0 Å². The standard InChI is InChI=1S/C10H9NO3/c1-11-5-4-6-2-3-7(10(13)14)9(12)8(6)11/h2-5,12H,1H3,(H,13,14). The van der Waals surface area contributed by atoms with Crippen molar-refractivity contribution >= 4 is 16.9 Å². The average molecular weight is 191 g/mol. The van der Waals surface area contributed by atoms with Crippen molar-refractivity contribution in [3.8, 4) is 5.75 Å². The van der Waals surface area contributed by atoms with Crippen LogP contribution in [0.1, 0.15) is 10.4 Å². The van der Waals surface area contributed by atoms with Gasteiger partial charge in [0.25, 0.3) is 0 Å². The number of aromatic carboxylic acids is 1. The molecule has 0 unspecified atom stereocenters. The zero-order valence-corrected chi connectivity index (χ0v) is 7.56. The van der Waals surface area contributed by atoms with Crippen LogP contribution in [0.15, 0.2) is 24.4 Å². The minimum atomic E-state index is -1.12. The van der Waals surface area contributed by atoms with Gasteiger partial charge in [-0.05, 0) is 12.1 Å². The molecule has 0 atom stereocenters. The maximum atomic E-state index is 10.7. The van der Waals surface area contributed by atoms with Gasteiger partial charge in [-0.2, -0.15) is 0 Å². The van der Waals surface area contributed by atoms with Crippen LogP contribution in [0.4, 0.5) is 0 Å². The van der Waals surface area contributed by atoms with E-state index in [0.717, 1.165) is 5.39 Å². The highest BCUT2D eigenvalue weighted by Crippen LogP contribution is 2.28. The molecule has 4 heteroatoms. The maximum Gasteiger partial charge on any atom is 0.339 e. The highest BCUT2D eigenvalue weighted by molar-refractivity contribution is 5.99. The normalized spacial score (nSPS) is 10.6. The summed E-state index contributed by atoms with van der Waals surface area (Å²) >= 11 is 0. The summed E-state index contributed by atoms with van der Waals surface area (Å²) in [5, 5.41) is 19.3. The molecule has 0 amide bonds. The van der Waals surface area contributed by atoms with Gasteiger partial charge in [0.1, 0.15) is 5.56 Å². The van der Waals surface area contributed by atoms with E-state index in [1.807, 2.05) is 6.07 Å². The van der Waals surface area contributed by atoms with Gasteiger partial charge in [0.2, 0.25) is 0 Å². The molecule has 0 saturated carbocycles. The van der Waals surface area contributed by atoms with Gasteiger partial charge in [-0.1, -0.05) is 6.07 Å². The van der Waals surface area contributed by atoms with E-state index in [9.17, 15) is 9.90 Å². The van der Waals surface area contributed by atoms with Crippen molar-refractivity contribution in [3.05, 3.63) is 30.0 Å². The Kier molecular flexibility index (Phi) is 1.70. The summed E-state index contributed by atoms with van der Waals surface area (Å²) in [5.41, 5.74) is 0.476. The van der Waals surface area contributed by atoms with E-state index < -0.39 is 5.97 Å². The van der Waals surface area contributed by atoms with Crippen LogP contribution < -0.4 is 0 Å². The zero-order chi connectivity index (χ0) is 10.3. The highest BCUT2D eigenvalue weighted by Gasteiger charge is 2.13. The number of carboxylic acids is 1. The van der Waals surface area contributed by atoms with Crippen molar-refractivity contribution in [2.45, 2.75) is 0 Å². The maximum absolute atomic E-state index is 10.7. The number of carbonyl (C=O) groups is 1. The number of hydrogen-bond donors (Lipinski definition) is 2. The minimum Gasteiger partial charge on any atom is -0.505 e. The third-order valence-corrected chi connectivity index (χ3v) is 2.24. The number of hydrogen-bond acceptors (Lipinski definition) is 2. The lowest BCUT2D eigenvalue weighted by molar-refractivity contribution is 0.0694. The summed E-state index contributed by atoms with van der Waals surface area (Å²) in [6.45, 7) is 0. The summed E-state index contributed by atoms with van der Waals surface area (Å²) in [6, 6.07) is 4.90. The molecule has 0 radical (unpaired) electrons. The average Bonchev–Trinajstić information content (AvgIpc) is 2.48. The smallest absolute Gasteiger partial charge is 0.339 e. The molecule has 0 fully saturated rings. The van der Waals surface area contributed by atoms with Crippen molar-refractivity contribution in [1.29, 1.82) is 0 Å². The second-order valence-corrected chi connectivity index (χ2v) is 3.13. The number of aromatic hydroxyl groups is 1. The SMILES string of the molecule is Cn1ccc2ccc(C(=O)O)c(O)c21. The highest BCUT2D eigenvalue weighted by atomic mass is 16.4. The lowest BCUT2D eigenvalue weighted by atomic mass is 10.1. The minimum absolute atomic E-state index is 0.0701. The lowest BCUT2D eigenvalue weighted by Crippen LogP contribution is -1.97. The fourth-order valence-corrected chi connectivity index (χ4v) is 1.54. The molecule has 2 aromatic rings. The number of fused-ring (bicyclic) bond motifs is 1. The van der Waals surface area contributed by atoms with Crippen LogP contribution in [-0.2, 0) is 7.05 Å². The van der Waals surface area contributed by atoms with Gasteiger partial charge in [0.05, 0.1) is 5.52 Å². The van der Waals surface area contributed by atoms with E-state index in [1.165, 1.54) is 6.07 Å². The van der Waals surface area contributed by atoms with Crippen molar-refractivity contribution in [2.75, 3.05) is 0 Å². The molecule has 0 spiro atoms. The number of benzene rings is 1. The van der Waals surface area contributed by atoms with Gasteiger partial charge < -0.3 is 14.8 Å². The van der Waals surface area contributed by atoms with Crippen LogP contribution in [-0.4, -0.2) is 20.7 Å². The molecular weight excluding hydrogens is 182 g/mol. The molecule has 0 bridgehead atoms. The molecule has 0 aliphatic heterocycles. The monoisotopic (exact) mass is 191 g/mol. The van der Waals surface area contributed by atoms with E-state index in [-0.39, 0.29) is 11.3 Å². The van der Waals surface area contributed by atoms with Crippen LogP contribution in [0.3, 0.4) is 0 Å². The van der Waals surface area contributed by atoms with Gasteiger partial charge in [-0.25, -0.2) is 4.79 Å². The van der Waals surface area contributed by atoms with E-state index in [2.05, 4.69) is 0 Å². The summed E-state index contributed by atoms with van der Waals surface area (Å²) < 4.78 is 1.69. The molecule has 1 heterocycles. The second-order valence-electron chi connectivity index (χ2n) is 3.13. The Morgan fingerprint density at radius 2 is 2.07 bits per heavy atom. The predicted octanol–water partition coefficient (Wildman–Crippen LogP) is 1.58. The number of nitrogens with zero attached hydrogens (tertiary/aromatic N) is 1. The van der Waals surface area contributed by atoms with Gasteiger partial charge in [-0.15, -0.1) is 0 Å².